The molecule has 0 aliphatic carbocycles. The van der Waals surface area contributed by atoms with E-state index in [2.05, 4.69) is 21.9 Å². The Morgan fingerprint density at radius 3 is 2.88 bits per heavy atom. The molecule has 0 aliphatic heterocycles. The molecule has 0 fully saturated rings. The molecule has 0 aliphatic rings. The smallest absolute Gasteiger partial charge is 0.275 e. The zero-order valence-corrected chi connectivity index (χ0v) is 14.9. The molecule has 0 unspecified atom stereocenters. The maximum absolute atomic E-state index is 12.3. The molecule has 7 heteroatoms. The summed E-state index contributed by atoms with van der Waals surface area (Å²) in [7, 11) is 1.61. The highest BCUT2D eigenvalue weighted by atomic mass is 16.5. The number of aliphatic imine (C=N–C) groups is 1. The van der Waals surface area contributed by atoms with Gasteiger partial charge in [0.25, 0.3) is 5.91 Å². The zero-order chi connectivity index (χ0) is 19.4. The molecule has 0 aromatic carbocycles. The summed E-state index contributed by atoms with van der Waals surface area (Å²) in [6.45, 7) is 6.16. The minimum atomic E-state index is -0.523. The Hall–Kier alpha value is -3.32. The SMILES string of the molecule is C=C(/C=C(C)\C=C/COC)NC(=O)C(=C\N)/N=C(\C=N)c1cccnc1. The number of aromatic nitrogens is 1. The van der Waals surface area contributed by atoms with Crippen molar-refractivity contribution in [2.45, 2.75) is 6.92 Å². The van der Waals surface area contributed by atoms with Crippen molar-refractivity contribution < 1.29 is 9.53 Å². The molecule has 1 rings (SSSR count). The monoisotopic (exact) mass is 353 g/mol. The lowest BCUT2D eigenvalue weighted by molar-refractivity contribution is -0.116. The average Bonchev–Trinajstić information content (AvgIpc) is 2.63. The van der Waals surface area contributed by atoms with E-state index in [1.54, 1.807) is 37.7 Å². The van der Waals surface area contributed by atoms with Gasteiger partial charge in [-0.3, -0.25) is 9.78 Å². The molecule has 1 aromatic rings. The van der Waals surface area contributed by atoms with Gasteiger partial charge in [0, 0.05) is 43.2 Å². The summed E-state index contributed by atoms with van der Waals surface area (Å²) in [5.74, 6) is -0.523. The van der Waals surface area contributed by atoms with Gasteiger partial charge in [0.05, 0.1) is 12.3 Å². The van der Waals surface area contributed by atoms with E-state index in [0.717, 1.165) is 18.0 Å². The molecule has 0 atom stereocenters. The van der Waals surface area contributed by atoms with Gasteiger partial charge in [-0.25, -0.2) is 4.99 Å². The number of ether oxygens (including phenoxy) is 1. The summed E-state index contributed by atoms with van der Waals surface area (Å²) in [6.07, 6.45) is 10.7. The van der Waals surface area contributed by atoms with Crippen LogP contribution >= 0.6 is 0 Å². The summed E-state index contributed by atoms with van der Waals surface area (Å²) in [5.41, 5.74) is 7.65. The Morgan fingerprint density at radius 2 is 2.31 bits per heavy atom. The van der Waals surface area contributed by atoms with Crippen LogP contribution in [0.1, 0.15) is 12.5 Å². The summed E-state index contributed by atoms with van der Waals surface area (Å²) in [6, 6.07) is 3.45. The van der Waals surface area contributed by atoms with Gasteiger partial charge in [-0.1, -0.05) is 18.7 Å². The molecule has 0 radical (unpaired) electrons. The standard InChI is InChI=1S/C19H23N5O2/c1-14(6-5-9-26-3)10-15(2)23-19(25)18(12-21)24-17(11-20)16-7-4-8-22-13-16/h4-8,10-13,20H,2,9,21H2,1,3H3,(H,23,25)/b6-5-,14-10-,18-12+,20-11?,24-17+. The molecule has 4 N–H and O–H groups in total. The molecule has 1 amide bonds. The number of carbonyl (C=O) groups is 1. The van der Waals surface area contributed by atoms with E-state index in [0.29, 0.717) is 17.9 Å². The van der Waals surface area contributed by atoms with E-state index >= 15 is 0 Å². The number of methoxy groups -OCH3 is 1. The van der Waals surface area contributed by atoms with Gasteiger partial charge in [0.2, 0.25) is 0 Å². The quantitative estimate of drug-likeness (QED) is 0.358. The Labute approximate surface area is 153 Å². The first-order valence-corrected chi connectivity index (χ1v) is 7.77. The third-order valence-electron chi connectivity index (χ3n) is 3.05. The summed E-state index contributed by atoms with van der Waals surface area (Å²) < 4.78 is 4.93. The Bertz CT molecular complexity index is 761. The van der Waals surface area contributed by atoms with Crippen LogP contribution in [0.25, 0.3) is 0 Å². The van der Waals surface area contributed by atoms with E-state index < -0.39 is 5.91 Å². The number of amides is 1. The fourth-order valence-electron chi connectivity index (χ4n) is 1.89. The van der Waals surface area contributed by atoms with Gasteiger partial charge in [0.1, 0.15) is 5.70 Å². The van der Waals surface area contributed by atoms with E-state index in [1.165, 1.54) is 0 Å². The van der Waals surface area contributed by atoms with Crippen molar-refractivity contribution in [2.24, 2.45) is 10.7 Å². The molecule has 0 saturated heterocycles. The number of hydrogen-bond donors (Lipinski definition) is 3. The van der Waals surface area contributed by atoms with Gasteiger partial charge in [-0.2, -0.15) is 0 Å². The van der Waals surface area contributed by atoms with Crippen LogP contribution < -0.4 is 11.1 Å². The maximum atomic E-state index is 12.3. The van der Waals surface area contributed by atoms with Gasteiger partial charge in [-0.15, -0.1) is 0 Å². The molecule has 0 bridgehead atoms. The van der Waals surface area contributed by atoms with Crippen LogP contribution in [-0.2, 0) is 9.53 Å². The van der Waals surface area contributed by atoms with Crippen molar-refractivity contribution in [2.75, 3.05) is 13.7 Å². The maximum Gasteiger partial charge on any atom is 0.275 e. The molecule has 1 aromatic heterocycles. The number of rotatable bonds is 9. The van der Waals surface area contributed by atoms with Gasteiger partial charge >= 0.3 is 0 Å². The van der Waals surface area contributed by atoms with Gasteiger partial charge in [-0.05, 0) is 30.7 Å². The van der Waals surface area contributed by atoms with Crippen molar-refractivity contribution in [3.05, 3.63) is 78.1 Å². The normalized spacial score (nSPS) is 12.9. The number of allylic oxidation sites excluding steroid dienone is 3. The van der Waals surface area contributed by atoms with E-state index in [1.807, 2.05) is 19.1 Å². The van der Waals surface area contributed by atoms with Crippen LogP contribution in [0.5, 0.6) is 0 Å². The molecule has 7 nitrogen and oxygen atoms in total. The van der Waals surface area contributed by atoms with Crippen molar-refractivity contribution in [3.8, 4) is 0 Å². The van der Waals surface area contributed by atoms with Crippen molar-refractivity contribution >= 4 is 17.8 Å². The summed E-state index contributed by atoms with van der Waals surface area (Å²) in [4.78, 5) is 20.4. The predicted molar refractivity (Wildman–Crippen MR) is 104 cm³/mol. The highest BCUT2D eigenvalue weighted by Crippen LogP contribution is 2.05. The first kappa shape index (κ1) is 20.7. The van der Waals surface area contributed by atoms with E-state index in [-0.39, 0.29) is 11.4 Å². The second-order valence-electron chi connectivity index (χ2n) is 5.16. The minimum Gasteiger partial charge on any atom is -0.403 e. The number of hydrogen-bond acceptors (Lipinski definition) is 6. The largest absolute Gasteiger partial charge is 0.403 e. The number of pyridine rings is 1. The molecule has 136 valence electrons. The fourth-order valence-corrected chi connectivity index (χ4v) is 1.89. The fraction of sp³-hybridized carbons (Fsp3) is 0.158. The van der Waals surface area contributed by atoms with Crippen molar-refractivity contribution in [1.82, 2.24) is 10.3 Å². The van der Waals surface area contributed by atoms with Crippen LogP contribution in [0.3, 0.4) is 0 Å². The minimum absolute atomic E-state index is 0.0329. The number of nitrogens with one attached hydrogen (secondary N) is 2. The number of nitrogens with zero attached hydrogens (tertiary/aromatic N) is 2. The predicted octanol–water partition coefficient (Wildman–Crippen LogP) is 2.10. The van der Waals surface area contributed by atoms with Gasteiger partial charge < -0.3 is 21.2 Å². The summed E-state index contributed by atoms with van der Waals surface area (Å²) in [5, 5.41) is 10.1. The Kier molecular flexibility index (Phi) is 8.98. The third kappa shape index (κ3) is 7.06. The van der Waals surface area contributed by atoms with E-state index in [9.17, 15) is 4.79 Å². The average molecular weight is 353 g/mol. The van der Waals surface area contributed by atoms with Gasteiger partial charge in [0.15, 0.2) is 0 Å². The first-order valence-electron chi connectivity index (χ1n) is 7.77. The molecule has 0 spiro atoms. The topological polar surface area (TPSA) is 113 Å². The van der Waals surface area contributed by atoms with Crippen LogP contribution in [-0.4, -0.2) is 36.5 Å². The molecule has 26 heavy (non-hydrogen) atoms. The van der Waals surface area contributed by atoms with Crippen LogP contribution in [0.15, 0.2) is 77.5 Å². The highest BCUT2D eigenvalue weighted by molar-refractivity contribution is 6.37. The van der Waals surface area contributed by atoms with E-state index in [4.69, 9.17) is 15.9 Å². The second kappa shape index (κ2) is 11.3. The molecular weight excluding hydrogens is 330 g/mol. The lowest BCUT2D eigenvalue weighted by Gasteiger charge is -2.07. The van der Waals surface area contributed by atoms with Crippen molar-refractivity contribution in [3.63, 3.8) is 0 Å². The van der Waals surface area contributed by atoms with Crippen LogP contribution in [0.4, 0.5) is 0 Å². The first-order chi connectivity index (χ1) is 12.5. The van der Waals surface area contributed by atoms with Crippen LogP contribution in [0.2, 0.25) is 0 Å². The number of carbonyl (C=O) groups excluding carboxylic acids is 1. The summed E-state index contributed by atoms with van der Waals surface area (Å²) >= 11 is 0. The highest BCUT2D eigenvalue weighted by Gasteiger charge is 2.10. The zero-order valence-electron chi connectivity index (χ0n) is 14.9. The lowest BCUT2D eigenvalue weighted by Crippen LogP contribution is -2.24. The number of nitrogens with two attached hydrogens (primary N) is 1. The Morgan fingerprint density at radius 1 is 1.54 bits per heavy atom. The molecular formula is C19H23N5O2. The molecule has 0 saturated carbocycles. The lowest BCUT2D eigenvalue weighted by atomic mass is 10.2. The second-order valence-corrected chi connectivity index (χ2v) is 5.16. The third-order valence-corrected chi connectivity index (χ3v) is 3.05. The van der Waals surface area contributed by atoms with Crippen molar-refractivity contribution in [1.29, 1.82) is 5.41 Å². The molecule has 1 heterocycles. The van der Waals surface area contributed by atoms with Crippen LogP contribution in [0, 0.1) is 5.41 Å². The Balaban J connectivity index is 2.86.